The number of methoxy groups -OCH3 is 1. The van der Waals surface area contributed by atoms with Gasteiger partial charge in [0.1, 0.15) is 6.04 Å². The zero-order valence-corrected chi connectivity index (χ0v) is 11.4. The lowest BCUT2D eigenvalue weighted by atomic mass is 9.94. The van der Waals surface area contributed by atoms with Gasteiger partial charge in [0.25, 0.3) is 0 Å². The van der Waals surface area contributed by atoms with E-state index in [1.807, 2.05) is 30.3 Å². The van der Waals surface area contributed by atoms with Crippen LogP contribution in [0.2, 0.25) is 0 Å². The molecular formula is C14H20N2O3. The standard InChI is InChI=1S/C14H20N2O3/c1-9(12(15)11-7-5-4-6-8-11)13(17)16-10(2)14(18)19-3/h4-10,12H,15H2,1-3H3,(H,16,17)/t9?,10-,12?/m0/s1. The third-order valence-electron chi connectivity index (χ3n) is 3.05. The first kappa shape index (κ1) is 15.2. The van der Waals surface area contributed by atoms with Crippen molar-refractivity contribution in [1.82, 2.24) is 5.32 Å². The maximum absolute atomic E-state index is 12.0. The Morgan fingerprint density at radius 3 is 2.32 bits per heavy atom. The number of nitrogens with one attached hydrogen (secondary N) is 1. The van der Waals surface area contributed by atoms with Crippen molar-refractivity contribution in [1.29, 1.82) is 0 Å². The third-order valence-corrected chi connectivity index (χ3v) is 3.05. The van der Waals surface area contributed by atoms with Gasteiger partial charge in [0.2, 0.25) is 5.91 Å². The van der Waals surface area contributed by atoms with E-state index >= 15 is 0 Å². The number of benzene rings is 1. The molecule has 0 fully saturated rings. The number of nitrogens with two attached hydrogens (primary N) is 1. The highest BCUT2D eigenvalue weighted by Crippen LogP contribution is 2.19. The van der Waals surface area contributed by atoms with Gasteiger partial charge in [-0.05, 0) is 12.5 Å². The number of ether oxygens (including phenoxy) is 1. The molecule has 0 bridgehead atoms. The minimum absolute atomic E-state index is 0.269. The molecule has 0 heterocycles. The maximum Gasteiger partial charge on any atom is 0.328 e. The first-order valence-electron chi connectivity index (χ1n) is 6.16. The fourth-order valence-electron chi connectivity index (χ4n) is 1.71. The normalized spacial score (nSPS) is 15.2. The van der Waals surface area contributed by atoms with Crippen molar-refractivity contribution in [2.45, 2.75) is 25.9 Å². The summed E-state index contributed by atoms with van der Waals surface area (Å²) in [4.78, 5) is 23.2. The van der Waals surface area contributed by atoms with Crippen molar-refractivity contribution < 1.29 is 14.3 Å². The Balaban J connectivity index is 2.64. The van der Waals surface area contributed by atoms with Crippen molar-refractivity contribution in [3.05, 3.63) is 35.9 Å². The van der Waals surface area contributed by atoms with Crippen molar-refractivity contribution in [2.24, 2.45) is 11.7 Å². The molecule has 19 heavy (non-hydrogen) atoms. The van der Waals surface area contributed by atoms with E-state index in [0.29, 0.717) is 0 Å². The monoisotopic (exact) mass is 264 g/mol. The van der Waals surface area contributed by atoms with E-state index in [2.05, 4.69) is 10.1 Å². The summed E-state index contributed by atoms with van der Waals surface area (Å²) in [6, 6.07) is 8.29. The number of esters is 1. The predicted molar refractivity (Wildman–Crippen MR) is 72.2 cm³/mol. The van der Waals surface area contributed by atoms with E-state index in [4.69, 9.17) is 5.73 Å². The summed E-state index contributed by atoms with van der Waals surface area (Å²) in [5.41, 5.74) is 6.93. The first-order chi connectivity index (χ1) is 8.97. The molecule has 0 aliphatic heterocycles. The Bertz CT molecular complexity index is 434. The van der Waals surface area contributed by atoms with Gasteiger partial charge in [0.05, 0.1) is 13.0 Å². The largest absolute Gasteiger partial charge is 0.467 e. The molecule has 5 heteroatoms. The summed E-state index contributed by atoms with van der Waals surface area (Å²) < 4.78 is 4.55. The Morgan fingerprint density at radius 1 is 1.21 bits per heavy atom. The highest BCUT2D eigenvalue weighted by Gasteiger charge is 2.25. The number of hydrogen-bond donors (Lipinski definition) is 2. The van der Waals surface area contributed by atoms with Crippen LogP contribution in [0.1, 0.15) is 25.5 Å². The molecular weight excluding hydrogens is 244 g/mol. The molecule has 0 aliphatic carbocycles. The first-order valence-corrected chi connectivity index (χ1v) is 6.16. The third kappa shape index (κ3) is 4.06. The van der Waals surface area contributed by atoms with Gasteiger partial charge in [-0.1, -0.05) is 37.3 Å². The van der Waals surface area contributed by atoms with Crippen LogP contribution in [-0.2, 0) is 14.3 Å². The average Bonchev–Trinajstić information content (AvgIpc) is 2.45. The molecule has 1 aromatic carbocycles. The van der Waals surface area contributed by atoms with Crippen LogP contribution in [0.25, 0.3) is 0 Å². The Morgan fingerprint density at radius 2 is 1.79 bits per heavy atom. The van der Waals surface area contributed by atoms with Gasteiger partial charge in [0, 0.05) is 6.04 Å². The molecule has 3 N–H and O–H groups in total. The van der Waals surface area contributed by atoms with Crippen molar-refractivity contribution in [3.8, 4) is 0 Å². The summed E-state index contributed by atoms with van der Waals surface area (Å²) in [6.45, 7) is 3.31. The molecule has 5 nitrogen and oxygen atoms in total. The zero-order chi connectivity index (χ0) is 14.4. The molecule has 1 rings (SSSR count). The van der Waals surface area contributed by atoms with Gasteiger partial charge < -0.3 is 15.8 Å². The van der Waals surface area contributed by atoms with E-state index in [-0.39, 0.29) is 5.91 Å². The van der Waals surface area contributed by atoms with Crippen molar-refractivity contribution >= 4 is 11.9 Å². The number of hydrogen-bond acceptors (Lipinski definition) is 4. The average molecular weight is 264 g/mol. The SMILES string of the molecule is COC(=O)[C@H](C)NC(=O)C(C)C(N)c1ccccc1. The molecule has 104 valence electrons. The maximum atomic E-state index is 12.0. The van der Waals surface area contributed by atoms with E-state index in [0.717, 1.165) is 5.56 Å². The van der Waals surface area contributed by atoms with E-state index in [1.54, 1.807) is 13.8 Å². The van der Waals surface area contributed by atoms with Crippen LogP contribution in [0, 0.1) is 5.92 Å². The van der Waals surface area contributed by atoms with Crippen LogP contribution in [-0.4, -0.2) is 25.0 Å². The lowest BCUT2D eigenvalue weighted by molar-refractivity contribution is -0.145. The second-order valence-electron chi connectivity index (χ2n) is 4.48. The summed E-state index contributed by atoms with van der Waals surface area (Å²) in [7, 11) is 1.28. The molecule has 0 aliphatic rings. The predicted octanol–water partition coefficient (Wildman–Crippen LogP) is 1.00. The van der Waals surface area contributed by atoms with Crippen LogP contribution in [0.4, 0.5) is 0 Å². The summed E-state index contributed by atoms with van der Waals surface area (Å²) in [6.07, 6.45) is 0. The van der Waals surface area contributed by atoms with Crippen LogP contribution in [0.5, 0.6) is 0 Å². The molecule has 1 aromatic rings. The molecule has 2 unspecified atom stereocenters. The Labute approximate surface area is 113 Å². The van der Waals surface area contributed by atoms with E-state index in [1.165, 1.54) is 7.11 Å². The molecule has 0 spiro atoms. The molecule has 0 aromatic heterocycles. The van der Waals surface area contributed by atoms with E-state index < -0.39 is 24.0 Å². The smallest absolute Gasteiger partial charge is 0.328 e. The number of carbonyl (C=O) groups excluding carboxylic acids is 2. The molecule has 1 amide bonds. The van der Waals surface area contributed by atoms with Crippen LogP contribution in [0.15, 0.2) is 30.3 Å². The van der Waals surface area contributed by atoms with Crippen LogP contribution in [0.3, 0.4) is 0 Å². The fraction of sp³-hybridized carbons (Fsp3) is 0.429. The lowest BCUT2D eigenvalue weighted by Crippen LogP contribution is -2.44. The number of amides is 1. The molecule has 0 saturated carbocycles. The zero-order valence-electron chi connectivity index (χ0n) is 11.4. The number of rotatable bonds is 5. The summed E-state index contributed by atoms with van der Waals surface area (Å²) in [5.74, 6) is -1.18. The quantitative estimate of drug-likeness (QED) is 0.777. The molecule has 3 atom stereocenters. The number of carbonyl (C=O) groups is 2. The lowest BCUT2D eigenvalue weighted by Gasteiger charge is -2.21. The van der Waals surface area contributed by atoms with Gasteiger partial charge >= 0.3 is 5.97 Å². The van der Waals surface area contributed by atoms with Gasteiger partial charge in [-0.2, -0.15) is 0 Å². The second kappa shape index (κ2) is 6.89. The van der Waals surface area contributed by atoms with Gasteiger partial charge in [-0.3, -0.25) is 4.79 Å². The second-order valence-corrected chi connectivity index (χ2v) is 4.48. The highest BCUT2D eigenvalue weighted by atomic mass is 16.5. The molecule has 0 radical (unpaired) electrons. The van der Waals surface area contributed by atoms with E-state index in [9.17, 15) is 9.59 Å². The van der Waals surface area contributed by atoms with Gasteiger partial charge in [-0.15, -0.1) is 0 Å². The highest BCUT2D eigenvalue weighted by molar-refractivity contribution is 5.85. The Kier molecular flexibility index (Phi) is 5.51. The fourth-order valence-corrected chi connectivity index (χ4v) is 1.71. The Hall–Kier alpha value is -1.88. The van der Waals surface area contributed by atoms with Crippen LogP contribution < -0.4 is 11.1 Å². The molecule has 0 saturated heterocycles. The van der Waals surface area contributed by atoms with Gasteiger partial charge in [0.15, 0.2) is 0 Å². The summed E-state index contributed by atoms with van der Waals surface area (Å²) in [5, 5.41) is 2.59. The minimum Gasteiger partial charge on any atom is -0.467 e. The van der Waals surface area contributed by atoms with Gasteiger partial charge in [-0.25, -0.2) is 4.79 Å². The topological polar surface area (TPSA) is 81.4 Å². The van der Waals surface area contributed by atoms with Crippen LogP contribution >= 0.6 is 0 Å². The van der Waals surface area contributed by atoms with Crippen molar-refractivity contribution in [3.63, 3.8) is 0 Å². The summed E-state index contributed by atoms with van der Waals surface area (Å²) >= 11 is 0. The minimum atomic E-state index is -0.678. The van der Waals surface area contributed by atoms with Crippen molar-refractivity contribution in [2.75, 3.05) is 7.11 Å².